The van der Waals surface area contributed by atoms with Gasteiger partial charge < -0.3 is 25.6 Å². The number of carbonyl (C=O) groups excluding carboxylic acids is 1. The van der Waals surface area contributed by atoms with Crippen molar-refractivity contribution in [1.29, 1.82) is 0 Å². The van der Waals surface area contributed by atoms with E-state index in [0.717, 1.165) is 24.1 Å². The van der Waals surface area contributed by atoms with E-state index in [9.17, 15) is 18.0 Å². The molecule has 1 aliphatic rings. The van der Waals surface area contributed by atoms with Crippen molar-refractivity contribution in [2.75, 3.05) is 56.1 Å². The molecular weight excluding hydrogens is 547 g/mol. The summed E-state index contributed by atoms with van der Waals surface area (Å²) < 4.78 is 46.6. The summed E-state index contributed by atoms with van der Waals surface area (Å²) >= 11 is 0. The van der Waals surface area contributed by atoms with Gasteiger partial charge in [-0.1, -0.05) is 6.07 Å². The first-order valence-corrected chi connectivity index (χ1v) is 13.4. The van der Waals surface area contributed by atoms with Gasteiger partial charge in [-0.05, 0) is 75.0 Å². The highest BCUT2D eigenvalue weighted by Crippen LogP contribution is 2.36. The van der Waals surface area contributed by atoms with Crippen LogP contribution in [-0.2, 0) is 6.18 Å². The van der Waals surface area contributed by atoms with Crippen LogP contribution in [-0.4, -0.2) is 62.7 Å². The molecule has 0 spiro atoms. The molecule has 2 heterocycles. The molecule has 0 bridgehead atoms. The number of hydrogen-bond acceptors (Lipinski definition) is 8. The van der Waals surface area contributed by atoms with Gasteiger partial charge in [0.2, 0.25) is 0 Å². The number of rotatable bonds is 9. The minimum Gasteiger partial charge on any atom is -0.495 e. The van der Waals surface area contributed by atoms with Crippen LogP contribution in [0.3, 0.4) is 0 Å². The number of hydrazine groups is 1. The van der Waals surface area contributed by atoms with Crippen molar-refractivity contribution >= 4 is 28.5 Å². The number of methoxy groups -OCH3 is 1. The Morgan fingerprint density at radius 2 is 1.93 bits per heavy atom. The van der Waals surface area contributed by atoms with E-state index >= 15 is 0 Å². The standard InChI is InChI=1S/C30H36F3N7O2/c1-19-5-6-20(10-28(19)40(35)17-22(14-34)21-9-27(42-4)16-36-15-21)29(41)37-24-11-23(30(31,32)33)12-26(13-24)39-8-7-25(18-39)38(2)3/h5-6,9-13,15-17,25H,7-8,14,18,34-35H2,1-4H3,(H,37,41)/b22-17+. The smallest absolute Gasteiger partial charge is 0.416 e. The fourth-order valence-corrected chi connectivity index (χ4v) is 4.85. The number of nitrogens with two attached hydrogens (primary N) is 2. The van der Waals surface area contributed by atoms with Gasteiger partial charge in [-0.15, -0.1) is 0 Å². The van der Waals surface area contributed by atoms with E-state index in [-0.39, 0.29) is 23.8 Å². The summed E-state index contributed by atoms with van der Waals surface area (Å²) in [6.07, 6.45) is 1.11. The van der Waals surface area contributed by atoms with Crippen LogP contribution in [0.4, 0.5) is 30.2 Å². The molecule has 1 aliphatic heterocycles. The van der Waals surface area contributed by atoms with E-state index in [1.807, 2.05) is 25.9 Å². The van der Waals surface area contributed by atoms with Crippen molar-refractivity contribution in [1.82, 2.24) is 9.88 Å². The molecule has 1 amide bonds. The second kappa shape index (κ2) is 12.8. The average molecular weight is 584 g/mol. The number of anilines is 3. The Morgan fingerprint density at radius 1 is 1.17 bits per heavy atom. The molecule has 224 valence electrons. The summed E-state index contributed by atoms with van der Waals surface area (Å²) in [5.74, 6) is 6.37. The first kappa shape index (κ1) is 30.8. The number of aromatic nitrogens is 1. The number of nitrogens with zero attached hydrogens (tertiary/aromatic N) is 4. The zero-order valence-corrected chi connectivity index (χ0v) is 24.1. The summed E-state index contributed by atoms with van der Waals surface area (Å²) in [5, 5.41) is 4.00. The molecule has 5 N–H and O–H groups in total. The molecule has 2 aromatic carbocycles. The molecule has 0 aliphatic carbocycles. The number of halogens is 3. The number of ether oxygens (including phenoxy) is 1. The van der Waals surface area contributed by atoms with Crippen LogP contribution < -0.4 is 31.5 Å². The molecule has 1 fully saturated rings. The van der Waals surface area contributed by atoms with E-state index in [1.54, 1.807) is 48.9 Å². The SMILES string of the molecule is COc1cncc(/C(=C/N(N)c2cc(C(=O)Nc3cc(N4CCC(N(C)C)C4)cc(C(F)(F)F)c3)ccc2C)CN)c1. The molecule has 0 radical (unpaired) electrons. The van der Waals surface area contributed by atoms with Gasteiger partial charge in [0, 0.05) is 60.6 Å². The fraction of sp³-hybridized carbons (Fsp3) is 0.333. The number of nitrogens with one attached hydrogen (secondary N) is 1. The van der Waals surface area contributed by atoms with E-state index in [4.69, 9.17) is 16.3 Å². The van der Waals surface area contributed by atoms with Crippen LogP contribution >= 0.6 is 0 Å². The number of alkyl halides is 3. The van der Waals surface area contributed by atoms with Crippen LogP contribution in [0.25, 0.3) is 5.57 Å². The van der Waals surface area contributed by atoms with E-state index in [0.29, 0.717) is 41.4 Å². The minimum atomic E-state index is -4.57. The molecule has 1 unspecified atom stereocenters. The quantitative estimate of drug-likeness (QED) is 0.250. The Kier molecular flexibility index (Phi) is 9.40. The number of benzene rings is 2. The predicted molar refractivity (Wildman–Crippen MR) is 159 cm³/mol. The lowest BCUT2D eigenvalue weighted by Crippen LogP contribution is -2.31. The molecule has 42 heavy (non-hydrogen) atoms. The first-order chi connectivity index (χ1) is 19.9. The van der Waals surface area contributed by atoms with Gasteiger partial charge in [-0.2, -0.15) is 13.2 Å². The monoisotopic (exact) mass is 583 g/mol. The summed E-state index contributed by atoms with van der Waals surface area (Å²) in [7, 11) is 5.44. The zero-order chi connectivity index (χ0) is 30.6. The van der Waals surface area contributed by atoms with Gasteiger partial charge in [0.15, 0.2) is 0 Å². The maximum Gasteiger partial charge on any atom is 0.416 e. The zero-order valence-electron chi connectivity index (χ0n) is 24.1. The summed E-state index contributed by atoms with van der Waals surface area (Å²) in [4.78, 5) is 21.4. The predicted octanol–water partition coefficient (Wildman–Crippen LogP) is 4.49. The molecule has 4 rings (SSSR count). The third-order valence-corrected chi connectivity index (χ3v) is 7.35. The molecule has 0 saturated carbocycles. The summed E-state index contributed by atoms with van der Waals surface area (Å²) in [6, 6.07) is 10.6. The second-order valence-corrected chi connectivity index (χ2v) is 10.5. The highest BCUT2D eigenvalue weighted by molar-refractivity contribution is 6.05. The van der Waals surface area contributed by atoms with Crippen molar-refractivity contribution in [3.63, 3.8) is 0 Å². The normalized spacial score (nSPS) is 15.7. The Hall–Kier alpha value is -4.13. The maximum absolute atomic E-state index is 13.8. The van der Waals surface area contributed by atoms with Crippen LogP contribution in [0.1, 0.15) is 33.5 Å². The number of aryl methyl sites for hydroxylation is 1. The van der Waals surface area contributed by atoms with Crippen LogP contribution in [0.2, 0.25) is 0 Å². The lowest BCUT2D eigenvalue weighted by Gasteiger charge is -2.23. The lowest BCUT2D eigenvalue weighted by atomic mass is 10.1. The fourth-order valence-electron chi connectivity index (χ4n) is 4.85. The molecule has 1 aromatic heterocycles. The first-order valence-electron chi connectivity index (χ1n) is 13.4. The Balaban J connectivity index is 1.60. The topological polar surface area (TPSA) is 113 Å². The highest BCUT2D eigenvalue weighted by Gasteiger charge is 2.33. The molecule has 1 saturated heterocycles. The van der Waals surface area contributed by atoms with Gasteiger partial charge in [0.05, 0.1) is 24.6 Å². The number of carbonyl (C=O) groups is 1. The van der Waals surface area contributed by atoms with Gasteiger partial charge in [-0.25, -0.2) is 5.84 Å². The highest BCUT2D eigenvalue weighted by atomic mass is 19.4. The van der Waals surface area contributed by atoms with Gasteiger partial charge >= 0.3 is 6.18 Å². The lowest BCUT2D eigenvalue weighted by molar-refractivity contribution is -0.137. The van der Waals surface area contributed by atoms with Crippen molar-refractivity contribution in [3.05, 3.63) is 83.3 Å². The number of amides is 1. The minimum absolute atomic E-state index is 0.0562. The molecule has 1 atom stereocenters. The molecule has 3 aromatic rings. The Bertz CT molecular complexity index is 1460. The second-order valence-electron chi connectivity index (χ2n) is 10.5. The number of hydrogen-bond donors (Lipinski definition) is 3. The third-order valence-electron chi connectivity index (χ3n) is 7.35. The van der Waals surface area contributed by atoms with Crippen LogP contribution in [0.5, 0.6) is 5.75 Å². The van der Waals surface area contributed by atoms with Crippen molar-refractivity contribution in [2.24, 2.45) is 11.6 Å². The van der Waals surface area contributed by atoms with E-state index in [1.165, 1.54) is 12.1 Å². The van der Waals surface area contributed by atoms with Crippen molar-refractivity contribution < 1.29 is 22.7 Å². The largest absolute Gasteiger partial charge is 0.495 e. The van der Waals surface area contributed by atoms with E-state index in [2.05, 4.69) is 15.2 Å². The van der Waals surface area contributed by atoms with Crippen molar-refractivity contribution in [2.45, 2.75) is 25.6 Å². The van der Waals surface area contributed by atoms with Gasteiger partial charge in [-0.3, -0.25) is 14.8 Å². The Labute approximate surface area is 243 Å². The van der Waals surface area contributed by atoms with Crippen LogP contribution in [0, 0.1) is 6.92 Å². The molecule has 12 heteroatoms. The molecule has 9 nitrogen and oxygen atoms in total. The van der Waals surface area contributed by atoms with Gasteiger partial charge in [0.1, 0.15) is 5.75 Å². The number of pyridine rings is 1. The summed E-state index contributed by atoms with van der Waals surface area (Å²) in [5.41, 5.74) is 8.53. The maximum atomic E-state index is 13.8. The van der Waals surface area contributed by atoms with Gasteiger partial charge in [0.25, 0.3) is 5.91 Å². The average Bonchev–Trinajstić information content (AvgIpc) is 3.46. The van der Waals surface area contributed by atoms with E-state index < -0.39 is 17.6 Å². The molecular formula is C30H36F3N7O2. The van der Waals surface area contributed by atoms with Crippen LogP contribution in [0.15, 0.2) is 61.1 Å². The summed E-state index contributed by atoms with van der Waals surface area (Å²) in [6.45, 7) is 3.21. The third kappa shape index (κ3) is 7.19. The number of likely N-dealkylation sites (N-methyl/N-ethyl adjacent to an activating group) is 1. The van der Waals surface area contributed by atoms with Crippen molar-refractivity contribution in [3.8, 4) is 5.75 Å². The Morgan fingerprint density at radius 3 is 2.57 bits per heavy atom.